The van der Waals surface area contributed by atoms with Gasteiger partial charge in [-0.05, 0) is 24.1 Å². The molecule has 1 N–H and O–H groups in total. The van der Waals surface area contributed by atoms with E-state index in [1.807, 2.05) is 6.07 Å². The second-order valence-electron chi connectivity index (χ2n) is 6.13. The second-order valence-corrected chi connectivity index (χ2v) is 6.13. The molecule has 22 heavy (non-hydrogen) atoms. The quantitative estimate of drug-likeness (QED) is 0.748. The van der Waals surface area contributed by atoms with Crippen LogP contribution in [0.4, 0.5) is 0 Å². The topological polar surface area (TPSA) is 29.9 Å². The molecule has 0 amide bonds. The molecule has 0 atom stereocenters. The summed E-state index contributed by atoms with van der Waals surface area (Å²) >= 11 is 0. The number of benzene rings is 2. The molecule has 1 heterocycles. The van der Waals surface area contributed by atoms with Crippen LogP contribution in [0.1, 0.15) is 25.1 Å². The Balaban J connectivity index is 1.87. The number of para-hydroxylation sites is 1. The van der Waals surface area contributed by atoms with Crippen LogP contribution in [0.25, 0.3) is 10.9 Å². The molecule has 0 spiro atoms. The van der Waals surface area contributed by atoms with Gasteiger partial charge in [0.2, 0.25) is 0 Å². The van der Waals surface area contributed by atoms with E-state index in [4.69, 9.17) is 5.10 Å². The Hall–Kier alpha value is -2.13. The Morgan fingerprint density at radius 2 is 1.73 bits per heavy atom. The highest BCUT2D eigenvalue weighted by Gasteiger charge is 2.10. The fraction of sp³-hybridized carbons (Fsp3) is 0.316. The van der Waals surface area contributed by atoms with Crippen LogP contribution in [0.5, 0.6) is 0 Å². The summed E-state index contributed by atoms with van der Waals surface area (Å²) in [4.78, 5) is 0. The van der Waals surface area contributed by atoms with Crippen LogP contribution in [0.3, 0.4) is 0 Å². The summed E-state index contributed by atoms with van der Waals surface area (Å²) < 4.78 is 2.11. The van der Waals surface area contributed by atoms with Gasteiger partial charge in [0.25, 0.3) is 0 Å². The molecule has 0 saturated carbocycles. The van der Waals surface area contributed by atoms with Crippen LogP contribution in [-0.4, -0.2) is 16.3 Å². The van der Waals surface area contributed by atoms with Crippen molar-refractivity contribution in [3.05, 3.63) is 65.9 Å². The van der Waals surface area contributed by atoms with Gasteiger partial charge in [0.1, 0.15) is 0 Å². The highest BCUT2D eigenvalue weighted by molar-refractivity contribution is 5.82. The van der Waals surface area contributed by atoms with E-state index in [0.717, 1.165) is 25.3 Å². The minimum Gasteiger partial charge on any atom is -0.311 e. The van der Waals surface area contributed by atoms with Gasteiger partial charge in [-0.15, -0.1) is 0 Å². The van der Waals surface area contributed by atoms with Gasteiger partial charge in [-0.2, -0.15) is 5.10 Å². The number of rotatable bonds is 6. The fourth-order valence-corrected chi connectivity index (χ4v) is 2.68. The van der Waals surface area contributed by atoms with E-state index < -0.39 is 0 Å². The molecular weight excluding hydrogens is 270 g/mol. The first-order valence-electron chi connectivity index (χ1n) is 7.93. The largest absolute Gasteiger partial charge is 0.311 e. The van der Waals surface area contributed by atoms with Crippen molar-refractivity contribution in [2.75, 3.05) is 6.54 Å². The van der Waals surface area contributed by atoms with E-state index in [0.29, 0.717) is 5.92 Å². The van der Waals surface area contributed by atoms with Gasteiger partial charge in [0.15, 0.2) is 0 Å². The first-order valence-corrected chi connectivity index (χ1v) is 7.93. The smallest absolute Gasteiger partial charge is 0.0841 e. The number of hydrogen-bond acceptors (Lipinski definition) is 2. The predicted molar refractivity (Wildman–Crippen MR) is 91.8 cm³/mol. The van der Waals surface area contributed by atoms with Crippen molar-refractivity contribution in [2.45, 2.75) is 26.9 Å². The summed E-state index contributed by atoms with van der Waals surface area (Å²) in [5.74, 6) is 0.651. The summed E-state index contributed by atoms with van der Waals surface area (Å²) in [6.45, 7) is 7.09. The fourth-order valence-electron chi connectivity index (χ4n) is 2.68. The molecule has 3 heteroatoms. The zero-order valence-corrected chi connectivity index (χ0v) is 13.3. The highest BCUT2D eigenvalue weighted by atomic mass is 15.3. The molecular formula is C19H23N3. The van der Waals surface area contributed by atoms with Crippen molar-refractivity contribution in [1.82, 2.24) is 15.1 Å². The molecule has 3 nitrogen and oxygen atoms in total. The molecule has 0 aliphatic carbocycles. The Kier molecular flexibility index (Phi) is 4.54. The molecule has 2 aromatic carbocycles. The maximum Gasteiger partial charge on any atom is 0.0841 e. The molecule has 114 valence electrons. The molecule has 3 rings (SSSR count). The summed E-state index contributed by atoms with van der Waals surface area (Å²) in [6.07, 6.45) is 0. The average molecular weight is 293 g/mol. The molecule has 0 aliphatic rings. The minimum atomic E-state index is 0.651. The molecule has 0 radical (unpaired) electrons. The number of nitrogens with one attached hydrogen (secondary N) is 1. The highest BCUT2D eigenvalue weighted by Crippen LogP contribution is 2.19. The zero-order valence-electron chi connectivity index (χ0n) is 13.3. The third kappa shape index (κ3) is 3.37. The lowest BCUT2D eigenvalue weighted by Crippen LogP contribution is -2.19. The van der Waals surface area contributed by atoms with Crippen molar-refractivity contribution in [3.63, 3.8) is 0 Å². The molecule has 0 bridgehead atoms. The van der Waals surface area contributed by atoms with Crippen molar-refractivity contribution in [2.24, 2.45) is 5.92 Å². The molecule has 0 saturated heterocycles. The molecule has 1 aromatic heterocycles. The lowest BCUT2D eigenvalue weighted by molar-refractivity contribution is 0.544. The maximum atomic E-state index is 4.84. The molecule has 0 fully saturated rings. The average Bonchev–Trinajstić information content (AvgIpc) is 2.86. The summed E-state index contributed by atoms with van der Waals surface area (Å²) in [5.41, 5.74) is 3.61. The molecule has 0 aliphatic heterocycles. The van der Waals surface area contributed by atoms with E-state index in [1.165, 1.54) is 16.5 Å². The lowest BCUT2D eigenvalue weighted by atomic mass is 10.2. The molecule has 3 aromatic rings. The number of hydrogen-bond donors (Lipinski definition) is 1. The summed E-state index contributed by atoms with van der Waals surface area (Å²) in [7, 11) is 0. The van der Waals surface area contributed by atoms with Crippen molar-refractivity contribution in [3.8, 4) is 0 Å². The Bertz CT molecular complexity index is 729. The van der Waals surface area contributed by atoms with Gasteiger partial charge in [0, 0.05) is 11.9 Å². The lowest BCUT2D eigenvalue weighted by Gasteiger charge is -2.05. The van der Waals surface area contributed by atoms with E-state index >= 15 is 0 Å². The van der Waals surface area contributed by atoms with Crippen LogP contribution < -0.4 is 5.32 Å². The van der Waals surface area contributed by atoms with Crippen molar-refractivity contribution < 1.29 is 0 Å². The number of fused-ring (bicyclic) bond motifs is 1. The monoisotopic (exact) mass is 293 g/mol. The van der Waals surface area contributed by atoms with Gasteiger partial charge >= 0.3 is 0 Å². The van der Waals surface area contributed by atoms with Gasteiger partial charge in [0.05, 0.1) is 17.8 Å². The first kappa shape index (κ1) is 14.8. The number of nitrogens with zero attached hydrogens (tertiary/aromatic N) is 2. The van der Waals surface area contributed by atoms with Crippen LogP contribution in [-0.2, 0) is 13.1 Å². The van der Waals surface area contributed by atoms with E-state index in [-0.39, 0.29) is 0 Å². The van der Waals surface area contributed by atoms with Crippen LogP contribution in [0.2, 0.25) is 0 Å². The predicted octanol–water partition coefficient (Wildman–Crippen LogP) is 3.83. The zero-order chi connectivity index (χ0) is 15.4. The SMILES string of the molecule is CC(C)CNCc1nn(Cc2ccccc2)c2ccccc12. The van der Waals surface area contributed by atoms with Gasteiger partial charge in [-0.25, -0.2) is 0 Å². The molecule has 0 unspecified atom stereocenters. The maximum absolute atomic E-state index is 4.84. The van der Waals surface area contributed by atoms with Gasteiger partial charge in [-0.1, -0.05) is 62.4 Å². The summed E-state index contributed by atoms with van der Waals surface area (Å²) in [6, 6.07) is 19.0. The Labute approximate surface area is 132 Å². The third-order valence-corrected chi connectivity index (χ3v) is 3.75. The van der Waals surface area contributed by atoms with Crippen molar-refractivity contribution in [1.29, 1.82) is 0 Å². The third-order valence-electron chi connectivity index (χ3n) is 3.75. The van der Waals surface area contributed by atoms with Crippen LogP contribution >= 0.6 is 0 Å². The van der Waals surface area contributed by atoms with Crippen molar-refractivity contribution >= 4 is 10.9 Å². The minimum absolute atomic E-state index is 0.651. The normalized spacial score (nSPS) is 11.4. The Morgan fingerprint density at radius 1 is 1.00 bits per heavy atom. The van der Waals surface area contributed by atoms with Gasteiger partial charge in [-0.3, -0.25) is 4.68 Å². The van der Waals surface area contributed by atoms with Crippen LogP contribution in [0.15, 0.2) is 54.6 Å². The van der Waals surface area contributed by atoms with Crippen LogP contribution in [0, 0.1) is 5.92 Å². The van der Waals surface area contributed by atoms with E-state index in [9.17, 15) is 0 Å². The Morgan fingerprint density at radius 3 is 2.50 bits per heavy atom. The second kappa shape index (κ2) is 6.75. The number of aromatic nitrogens is 2. The summed E-state index contributed by atoms with van der Waals surface area (Å²) in [5, 5.41) is 9.58. The standard InChI is InChI=1S/C19H23N3/c1-15(2)12-20-13-18-17-10-6-7-11-19(17)22(21-18)14-16-8-4-3-5-9-16/h3-11,15,20H,12-14H2,1-2H3. The van der Waals surface area contributed by atoms with Gasteiger partial charge < -0.3 is 5.32 Å². The van der Waals surface area contributed by atoms with E-state index in [2.05, 4.69) is 72.4 Å². The first-order chi connectivity index (χ1) is 10.7. The van der Waals surface area contributed by atoms with E-state index in [1.54, 1.807) is 0 Å².